The maximum atomic E-state index is 13.6. The molecule has 0 atom stereocenters. The predicted octanol–water partition coefficient (Wildman–Crippen LogP) is 3.94. The highest BCUT2D eigenvalue weighted by Crippen LogP contribution is 2.22. The first-order chi connectivity index (χ1) is 12.6. The van der Waals surface area contributed by atoms with Gasteiger partial charge in [0.1, 0.15) is 5.82 Å². The first kappa shape index (κ1) is 18.0. The van der Waals surface area contributed by atoms with Gasteiger partial charge in [-0.2, -0.15) is 0 Å². The van der Waals surface area contributed by atoms with Crippen molar-refractivity contribution in [3.05, 3.63) is 76.3 Å². The lowest BCUT2D eigenvalue weighted by Gasteiger charge is -2.05. The topological polar surface area (TPSA) is 66.9 Å². The zero-order valence-electron chi connectivity index (χ0n) is 14.3. The molecule has 2 aromatic heterocycles. The van der Waals surface area contributed by atoms with Crippen LogP contribution in [0.25, 0.3) is 0 Å². The lowest BCUT2D eigenvalue weighted by molar-refractivity contribution is 0.252. The smallest absolute Gasteiger partial charge is 0.321 e. The van der Waals surface area contributed by atoms with E-state index >= 15 is 0 Å². The number of nitrogens with zero attached hydrogens (tertiary/aromatic N) is 2. The number of anilines is 1. The van der Waals surface area contributed by atoms with Crippen molar-refractivity contribution in [2.24, 2.45) is 0 Å². The van der Waals surface area contributed by atoms with E-state index in [1.807, 2.05) is 18.2 Å². The van der Waals surface area contributed by atoms with Gasteiger partial charge in [-0.25, -0.2) is 14.2 Å². The van der Waals surface area contributed by atoms with E-state index < -0.39 is 0 Å². The standard InChI is InChI=1S/C19H19FN4OS/c1-13-4-5-15(10-17(13)20)9-16-12-23-19(26-16)24-18(25)22-8-6-14-3-2-7-21-11-14/h2-5,7,10-12H,6,8-9H2,1H3,(H2,22,23,24,25). The van der Waals surface area contributed by atoms with Crippen molar-refractivity contribution in [3.8, 4) is 0 Å². The SMILES string of the molecule is Cc1ccc(Cc2cnc(NC(=O)NCCc3cccnc3)s2)cc1F. The van der Waals surface area contributed by atoms with Crippen molar-refractivity contribution >= 4 is 22.5 Å². The maximum absolute atomic E-state index is 13.6. The largest absolute Gasteiger partial charge is 0.337 e. The van der Waals surface area contributed by atoms with Crippen LogP contribution >= 0.6 is 11.3 Å². The van der Waals surface area contributed by atoms with Gasteiger partial charge < -0.3 is 5.32 Å². The molecule has 0 saturated carbocycles. The van der Waals surface area contributed by atoms with Gasteiger partial charge in [-0.1, -0.05) is 18.2 Å². The van der Waals surface area contributed by atoms with Crippen molar-refractivity contribution < 1.29 is 9.18 Å². The number of thiazole rings is 1. The van der Waals surface area contributed by atoms with Gasteiger partial charge in [0.2, 0.25) is 0 Å². The van der Waals surface area contributed by atoms with Gasteiger partial charge in [-0.15, -0.1) is 11.3 Å². The maximum Gasteiger partial charge on any atom is 0.321 e. The fraction of sp³-hybridized carbons (Fsp3) is 0.211. The Bertz CT molecular complexity index is 882. The van der Waals surface area contributed by atoms with Gasteiger partial charge in [0.25, 0.3) is 0 Å². The molecule has 0 unspecified atom stereocenters. The summed E-state index contributed by atoms with van der Waals surface area (Å²) < 4.78 is 13.6. The predicted molar refractivity (Wildman–Crippen MR) is 101 cm³/mol. The van der Waals surface area contributed by atoms with E-state index in [1.54, 1.807) is 31.6 Å². The molecule has 0 aliphatic carbocycles. The Balaban J connectivity index is 1.48. The molecule has 5 nitrogen and oxygen atoms in total. The Labute approximate surface area is 155 Å². The molecule has 0 spiro atoms. The minimum absolute atomic E-state index is 0.210. The lowest BCUT2D eigenvalue weighted by atomic mass is 10.1. The minimum atomic E-state index is -0.295. The molecule has 2 heterocycles. The Morgan fingerprint density at radius 1 is 1.23 bits per heavy atom. The van der Waals surface area contributed by atoms with Crippen LogP contribution in [-0.4, -0.2) is 22.5 Å². The molecule has 2 N–H and O–H groups in total. The molecule has 0 bridgehead atoms. The van der Waals surface area contributed by atoms with Gasteiger partial charge in [0.15, 0.2) is 5.13 Å². The third-order valence-electron chi connectivity index (χ3n) is 3.81. The fourth-order valence-electron chi connectivity index (χ4n) is 2.40. The molecule has 3 aromatic rings. The molecule has 0 saturated heterocycles. The molecule has 134 valence electrons. The fourth-order valence-corrected chi connectivity index (χ4v) is 3.24. The van der Waals surface area contributed by atoms with Crippen LogP contribution in [-0.2, 0) is 12.8 Å². The second-order valence-electron chi connectivity index (χ2n) is 5.88. The van der Waals surface area contributed by atoms with Gasteiger partial charge in [0.05, 0.1) is 0 Å². The lowest BCUT2D eigenvalue weighted by Crippen LogP contribution is -2.30. The number of pyridine rings is 1. The van der Waals surface area contributed by atoms with Crippen LogP contribution in [0.2, 0.25) is 0 Å². The van der Waals surface area contributed by atoms with Crippen molar-refractivity contribution in [1.29, 1.82) is 0 Å². The van der Waals surface area contributed by atoms with Crippen LogP contribution in [0.4, 0.5) is 14.3 Å². The zero-order chi connectivity index (χ0) is 18.4. The summed E-state index contributed by atoms with van der Waals surface area (Å²) >= 11 is 1.38. The van der Waals surface area contributed by atoms with Gasteiger partial charge in [0, 0.05) is 36.4 Å². The van der Waals surface area contributed by atoms with Gasteiger partial charge in [-0.3, -0.25) is 10.3 Å². The number of halogens is 1. The highest BCUT2D eigenvalue weighted by Gasteiger charge is 2.08. The van der Waals surface area contributed by atoms with E-state index in [0.717, 1.165) is 16.0 Å². The third-order valence-corrected chi connectivity index (χ3v) is 4.72. The Hall–Kier alpha value is -2.80. The van der Waals surface area contributed by atoms with Crippen molar-refractivity contribution in [2.45, 2.75) is 19.8 Å². The number of carbonyl (C=O) groups is 1. The van der Waals surface area contributed by atoms with E-state index in [0.29, 0.717) is 30.1 Å². The van der Waals surface area contributed by atoms with E-state index in [4.69, 9.17) is 0 Å². The third kappa shape index (κ3) is 5.10. The van der Waals surface area contributed by atoms with Crippen LogP contribution in [0.1, 0.15) is 21.6 Å². The Morgan fingerprint density at radius 3 is 2.88 bits per heavy atom. The summed E-state index contributed by atoms with van der Waals surface area (Å²) in [5, 5.41) is 6.03. The molecule has 1 aromatic carbocycles. The number of nitrogens with one attached hydrogen (secondary N) is 2. The van der Waals surface area contributed by atoms with E-state index in [1.165, 1.54) is 17.4 Å². The summed E-state index contributed by atoms with van der Waals surface area (Å²) in [6.45, 7) is 2.25. The molecule has 0 fully saturated rings. The number of urea groups is 1. The highest BCUT2D eigenvalue weighted by atomic mass is 32.1. The number of aromatic nitrogens is 2. The van der Waals surface area contributed by atoms with E-state index in [-0.39, 0.29) is 11.8 Å². The van der Waals surface area contributed by atoms with Crippen molar-refractivity contribution in [2.75, 3.05) is 11.9 Å². The number of aryl methyl sites for hydroxylation is 1. The number of carbonyl (C=O) groups excluding carboxylic acids is 1. The van der Waals surface area contributed by atoms with Crippen LogP contribution in [0.5, 0.6) is 0 Å². The van der Waals surface area contributed by atoms with E-state index in [2.05, 4.69) is 20.6 Å². The molecule has 2 amide bonds. The summed E-state index contributed by atoms with van der Waals surface area (Å²) in [5.41, 5.74) is 2.57. The molecular weight excluding hydrogens is 351 g/mol. The second-order valence-corrected chi connectivity index (χ2v) is 7.00. The normalized spacial score (nSPS) is 10.5. The summed E-state index contributed by atoms with van der Waals surface area (Å²) in [6.07, 6.45) is 6.49. The average molecular weight is 370 g/mol. The van der Waals surface area contributed by atoms with Gasteiger partial charge in [-0.05, 0) is 42.2 Å². The monoisotopic (exact) mass is 370 g/mol. The van der Waals surface area contributed by atoms with Crippen molar-refractivity contribution in [1.82, 2.24) is 15.3 Å². The second kappa shape index (κ2) is 8.53. The molecule has 3 rings (SSSR count). The Morgan fingerprint density at radius 2 is 2.12 bits per heavy atom. The summed E-state index contributed by atoms with van der Waals surface area (Å²) in [4.78, 5) is 21.1. The number of amides is 2. The number of rotatable bonds is 6. The first-order valence-corrected chi connectivity index (χ1v) is 9.05. The number of hydrogen-bond donors (Lipinski definition) is 2. The first-order valence-electron chi connectivity index (χ1n) is 8.23. The molecular formula is C19H19FN4OS. The average Bonchev–Trinajstić information content (AvgIpc) is 3.06. The van der Waals surface area contributed by atoms with E-state index in [9.17, 15) is 9.18 Å². The Kier molecular flexibility index (Phi) is 5.91. The van der Waals surface area contributed by atoms with Crippen LogP contribution < -0.4 is 10.6 Å². The molecule has 26 heavy (non-hydrogen) atoms. The highest BCUT2D eigenvalue weighted by molar-refractivity contribution is 7.15. The zero-order valence-corrected chi connectivity index (χ0v) is 15.1. The van der Waals surface area contributed by atoms with Crippen molar-refractivity contribution in [3.63, 3.8) is 0 Å². The number of hydrogen-bond acceptors (Lipinski definition) is 4. The summed E-state index contributed by atoms with van der Waals surface area (Å²) in [7, 11) is 0. The summed E-state index contributed by atoms with van der Waals surface area (Å²) in [5.74, 6) is -0.210. The molecule has 7 heteroatoms. The molecule has 0 radical (unpaired) electrons. The quantitative estimate of drug-likeness (QED) is 0.691. The van der Waals surface area contributed by atoms with Gasteiger partial charge >= 0.3 is 6.03 Å². The number of benzene rings is 1. The van der Waals surface area contributed by atoms with Crippen LogP contribution in [0.3, 0.4) is 0 Å². The minimum Gasteiger partial charge on any atom is -0.337 e. The molecule has 0 aliphatic heterocycles. The molecule has 0 aliphatic rings. The van der Waals surface area contributed by atoms with Crippen LogP contribution in [0.15, 0.2) is 48.9 Å². The van der Waals surface area contributed by atoms with Crippen LogP contribution in [0, 0.1) is 12.7 Å². The summed E-state index contributed by atoms with van der Waals surface area (Å²) in [6, 6.07) is 8.74.